The average Bonchev–Trinajstić information content (AvgIpc) is 3.04. The summed E-state index contributed by atoms with van der Waals surface area (Å²) in [5, 5.41) is 1.45. The van der Waals surface area contributed by atoms with E-state index in [1.165, 1.54) is 11.3 Å². The number of aromatic amines is 1. The van der Waals surface area contributed by atoms with Gasteiger partial charge in [0, 0.05) is 58.2 Å². The monoisotopic (exact) mass is 414 g/mol. The summed E-state index contributed by atoms with van der Waals surface area (Å²) in [5.41, 5.74) is 4.33. The average molecular weight is 415 g/mol. The quantitative estimate of drug-likeness (QED) is 0.646. The van der Waals surface area contributed by atoms with Gasteiger partial charge in [0.2, 0.25) is 5.95 Å². The molecule has 154 valence electrons. The molecule has 1 saturated heterocycles. The van der Waals surface area contributed by atoms with E-state index in [-0.39, 0.29) is 0 Å². The highest BCUT2D eigenvalue weighted by atomic mass is 35.5. The third-order valence-corrected chi connectivity index (χ3v) is 5.78. The van der Waals surface area contributed by atoms with Crippen LogP contribution >= 0.6 is 11.6 Å². The predicted octanol–water partition coefficient (Wildman–Crippen LogP) is 3.32. The van der Waals surface area contributed by atoms with Crippen molar-refractivity contribution in [2.24, 2.45) is 0 Å². The Morgan fingerprint density at radius 2 is 1.79 bits per heavy atom. The van der Waals surface area contributed by atoms with Gasteiger partial charge >= 0.3 is 0 Å². The van der Waals surface area contributed by atoms with Gasteiger partial charge in [0.25, 0.3) is 0 Å². The zero-order chi connectivity index (χ0) is 20.5. The summed E-state index contributed by atoms with van der Waals surface area (Å²) >= 11 is 6.54. The fraction of sp³-hybridized carbons (Fsp3) is 0.429. The molecule has 1 N–H and O–H groups in total. The second-order valence-electron chi connectivity index (χ2n) is 7.62. The Bertz CT molecular complexity index is 993. The topological polar surface area (TPSA) is 60.5 Å². The van der Waals surface area contributed by atoms with E-state index in [2.05, 4.69) is 43.8 Å². The number of halogens is 1. The molecule has 0 bridgehead atoms. The molecule has 4 rings (SSSR count). The predicted molar refractivity (Wildman–Crippen MR) is 118 cm³/mol. The number of benzene rings is 1. The maximum atomic E-state index is 6.54. The van der Waals surface area contributed by atoms with E-state index in [9.17, 15) is 0 Å². The van der Waals surface area contributed by atoms with Gasteiger partial charge in [0.1, 0.15) is 16.5 Å². The van der Waals surface area contributed by atoms with Crippen molar-refractivity contribution in [3.63, 3.8) is 0 Å². The number of hydrogen-bond donors (Lipinski definition) is 1. The number of nitrogens with zero attached hydrogens (tertiary/aromatic N) is 5. The minimum atomic E-state index is 0.509. The molecule has 1 aliphatic heterocycles. The van der Waals surface area contributed by atoms with Crippen LogP contribution in [-0.4, -0.2) is 67.2 Å². The molecule has 1 aliphatic rings. The van der Waals surface area contributed by atoms with E-state index in [0.29, 0.717) is 11.1 Å². The molecule has 1 fully saturated rings. The van der Waals surface area contributed by atoms with Crippen molar-refractivity contribution in [2.45, 2.75) is 13.5 Å². The Morgan fingerprint density at radius 3 is 2.41 bits per heavy atom. The number of anilines is 2. The summed E-state index contributed by atoms with van der Waals surface area (Å²) in [6, 6.07) is 8.28. The number of H-pyrrole nitrogens is 1. The van der Waals surface area contributed by atoms with E-state index in [0.717, 1.165) is 55.2 Å². The molecule has 0 saturated carbocycles. The Hall–Kier alpha value is -2.51. The van der Waals surface area contributed by atoms with Crippen LogP contribution in [0, 0.1) is 6.92 Å². The van der Waals surface area contributed by atoms with E-state index < -0.39 is 0 Å². The molecule has 7 nitrogen and oxygen atoms in total. The fourth-order valence-corrected chi connectivity index (χ4v) is 4.08. The Kier molecular flexibility index (Phi) is 5.52. The Balaban J connectivity index is 1.48. The van der Waals surface area contributed by atoms with Gasteiger partial charge in [-0.15, -0.1) is 0 Å². The maximum Gasteiger partial charge on any atom is 0.228 e. The van der Waals surface area contributed by atoms with Crippen molar-refractivity contribution in [2.75, 3.05) is 57.2 Å². The van der Waals surface area contributed by atoms with Gasteiger partial charge in [0.15, 0.2) is 0 Å². The number of ether oxygens (including phenoxy) is 1. The molecular formula is C21H27ClN6O. The van der Waals surface area contributed by atoms with Crippen LogP contribution in [0.2, 0.25) is 5.15 Å². The van der Waals surface area contributed by atoms with Crippen LogP contribution in [0.1, 0.15) is 11.3 Å². The molecule has 3 heterocycles. The second-order valence-corrected chi connectivity index (χ2v) is 7.98. The molecule has 0 amide bonds. The second kappa shape index (κ2) is 8.08. The van der Waals surface area contributed by atoms with Crippen molar-refractivity contribution in [3.8, 4) is 5.75 Å². The van der Waals surface area contributed by atoms with E-state index >= 15 is 0 Å². The van der Waals surface area contributed by atoms with Gasteiger partial charge in [-0.25, -0.2) is 4.98 Å². The zero-order valence-corrected chi connectivity index (χ0v) is 18.1. The highest BCUT2D eigenvalue weighted by Crippen LogP contribution is 2.30. The number of aromatic nitrogens is 3. The van der Waals surface area contributed by atoms with Crippen molar-refractivity contribution >= 4 is 34.3 Å². The molecule has 2 aromatic heterocycles. The summed E-state index contributed by atoms with van der Waals surface area (Å²) in [4.78, 5) is 19.2. The number of nitrogens with one attached hydrogen (secondary N) is 1. The molecule has 8 heteroatoms. The van der Waals surface area contributed by atoms with Crippen LogP contribution in [0.3, 0.4) is 0 Å². The lowest BCUT2D eigenvalue weighted by molar-refractivity contribution is 0.250. The number of rotatable bonds is 5. The van der Waals surface area contributed by atoms with Gasteiger partial charge < -0.3 is 19.5 Å². The van der Waals surface area contributed by atoms with Gasteiger partial charge in [-0.1, -0.05) is 11.6 Å². The third-order valence-electron chi connectivity index (χ3n) is 5.50. The molecule has 3 aromatic rings. The first-order valence-corrected chi connectivity index (χ1v) is 10.2. The van der Waals surface area contributed by atoms with Crippen LogP contribution in [-0.2, 0) is 6.54 Å². The first-order chi connectivity index (χ1) is 14.0. The summed E-state index contributed by atoms with van der Waals surface area (Å²) in [6.45, 7) is 6.88. The summed E-state index contributed by atoms with van der Waals surface area (Å²) in [5.74, 6) is 1.50. The van der Waals surface area contributed by atoms with Crippen LogP contribution in [0.15, 0.2) is 24.3 Å². The molecule has 0 radical (unpaired) electrons. The van der Waals surface area contributed by atoms with Crippen LogP contribution < -0.4 is 14.5 Å². The van der Waals surface area contributed by atoms with Crippen LogP contribution in [0.4, 0.5) is 11.6 Å². The molecule has 0 unspecified atom stereocenters. The Morgan fingerprint density at radius 1 is 1.10 bits per heavy atom. The first kappa shape index (κ1) is 19.8. The van der Waals surface area contributed by atoms with Gasteiger partial charge in [-0.2, -0.15) is 4.98 Å². The number of piperazine rings is 1. The van der Waals surface area contributed by atoms with Crippen LogP contribution in [0.5, 0.6) is 5.75 Å². The largest absolute Gasteiger partial charge is 0.497 e. The highest BCUT2D eigenvalue weighted by molar-refractivity contribution is 6.34. The smallest absolute Gasteiger partial charge is 0.228 e. The highest BCUT2D eigenvalue weighted by Gasteiger charge is 2.22. The normalized spacial score (nSPS) is 15.1. The molecule has 0 aliphatic carbocycles. The van der Waals surface area contributed by atoms with E-state index in [1.54, 1.807) is 7.11 Å². The number of methoxy groups -OCH3 is 1. The summed E-state index contributed by atoms with van der Waals surface area (Å²) in [7, 11) is 5.52. The lowest BCUT2D eigenvalue weighted by Crippen LogP contribution is -2.46. The molecule has 29 heavy (non-hydrogen) atoms. The molecular weight excluding hydrogens is 388 g/mol. The third kappa shape index (κ3) is 3.97. The molecule has 0 atom stereocenters. The number of hydrogen-bond acceptors (Lipinski definition) is 6. The van der Waals surface area contributed by atoms with E-state index in [4.69, 9.17) is 16.3 Å². The van der Waals surface area contributed by atoms with Gasteiger partial charge in [-0.3, -0.25) is 4.90 Å². The van der Waals surface area contributed by atoms with E-state index in [1.807, 2.05) is 31.1 Å². The van der Waals surface area contributed by atoms with Gasteiger partial charge in [0.05, 0.1) is 12.5 Å². The lowest BCUT2D eigenvalue weighted by Gasteiger charge is -2.36. The number of fused-ring (bicyclic) bond motifs is 1. The summed E-state index contributed by atoms with van der Waals surface area (Å²) in [6.07, 6.45) is 0. The maximum absolute atomic E-state index is 6.54. The molecule has 0 spiro atoms. The van der Waals surface area contributed by atoms with Gasteiger partial charge in [-0.05, 0) is 36.8 Å². The standard InChI is InChI=1S/C21H27ClN6O/c1-14-17(18-19(22)24-21(26(2)3)25-20(18)23-14)13-27-9-11-28(12-10-27)15-5-7-16(29-4)8-6-15/h5-8H,9-13H2,1-4H3,(H,23,24,25). The lowest BCUT2D eigenvalue weighted by atomic mass is 10.1. The first-order valence-electron chi connectivity index (χ1n) is 9.79. The summed E-state index contributed by atoms with van der Waals surface area (Å²) < 4.78 is 5.26. The van der Waals surface area contributed by atoms with Crippen molar-refractivity contribution in [1.29, 1.82) is 0 Å². The fourth-order valence-electron chi connectivity index (χ4n) is 3.80. The minimum absolute atomic E-state index is 0.509. The van der Waals surface area contributed by atoms with Crippen molar-refractivity contribution < 1.29 is 4.74 Å². The minimum Gasteiger partial charge on any atom is -0.497 e. The van der Waals surface area contributed by atoms with Crippen molar-refractivity contribution in [1.82, 2.24) is 19.9 Å². The Labute approximate surface area is 176 Å². The van der Waals surface area contributed by atoms with Crippen molar-refractivity contribution in [3.05, 3.63) is 40.7 Å². The zero-order valence-electron chi connectivity index (χ0n) is 17.4. The SMILES string of the molecule is COc1ccc(N2CCN(Cc3c(C)[nH]c4nc(N(C)C)nc(Cl)c34)CC2)cc1. The molecule has 1 aromatic carbocycles. The van der Waals surface area contributed by atoms with Crippen LogP contribution in [0.25, 0.3) is 11.0 Å². The number of aryl methyl sites for hydroxylation is 1.